The standard InChI is InChI=1S/C17H20ClN5O3/c1-12-17(18)13(2)22(19-12)11-16(24)21-9-7-20(8-10-21)14-3-5-15(6-4-14)23(25)26/h3-6H,7-11H2,1-2H3. The van der Waals surface area contributed by atoms with Crippen molar-refractivity contribution in [3.8, 4) is 0 Å². The monoisotopic (exact) mass is 377 g/mol. The predicted molar refractivity (Wildman–Crippen MR) is 98.6 cm³/mol. The van der Waals surface area contributed by atoms with Crippen molar-refractivity contribution < 1.29 is 9.72 Å². The lowest BCUT2D eigenvalue weighted by molar-refractivity contribution is -0.384. The fraction of sp³-hybridized carbons (Fsp3) is 0.412. The molecule has 0 spiro atoms. The fourth-order valence-electron chi connectivity index (χ4n) is 3.06. The van der Waals surface area contributed by atoms with Crippen molar-refractivity contribution in [3.05, 3.63) is 50.8 Å². The van der Waals surface area contributed by atoms with Crippen molar-refractivity contribution in [2.75, 3.05) is 31.1 Å². The number of benzene rings is 1. The lowest BCUT2D eigenvalue weighted by atomic mass is 10.2. The van der Waals surface area contributed by atoms with Gasteiger partial charge in [0, 0.05) is 44.0 Å². The summed E-state index contributed by atoms with van der Waals surface area (Å²) in [4.78, 5) is 26.8. The molecule has 0 bridgehead atoms. The van der Waals surface area contributed by atoms with Crippen LogP contribution < -0.4 is 4.90 Å². The minimum atomic E-state index is -0.411. The summed E-state index contributed by atoms with van der Waals surface area (Å²) in [6, 6.07) is 6.49. The van der Waals surface area contributed by atoms with Crippen LogP contribution in [0.5, 0.6) is 0 Å². The molecule has 0 unspecified atom stereocenters. The molecule has 26 heavy (non-hydrogen) atoms. The molecule has 138 valence electrons. The van der Waals surface area contributed by atoms with Crippen LogP contribution in [0.4, 0.5) is 11.4 Å². The summed E-state index contributed by atoms with van der Waals surface area (Å²) in [6.07, 6.45) is 0. The average Bonchev–Trinajstić information content (AvgIpc) is 2.88. The minimum absolute atomic E-state index is 0.00983. The van der Waals surface area contributed by atoms with E-state index in [1.165, 1.54) is 12.1 Å². The number of rotatable bonds is 4. The van der Waals surface area contributed by atoms with Crippen LogP contribution in [0.1, 0.15) is 11.4 Å². The second-order valence-corrected chi connectivity index (χ2v) is 6.66. The van der Waals surface area contributed by atoms with Gasteiger partial charge in [-0.05, 0) is 26.0 Å². The first kappa shape index (κ1) is 18.2. The minimum Gasteiger partial charge on any atom is -0.368 e. The van der Waals surface area contributed by atoms with Gasteiger partial charge in [-0.2, -0.15) is 5.10 Å². The van der Waals surface area contributed by atoms with Crippen LogP contribution in [-0.4, -0.2) is 51.7 Å². The number of carbonyl (C=O) groups excluding carboxylic acids is 1. The largest absolute Gasteiger partial charge is 0.368 e. The third-order valence-corrected chi connectivity index (χ3v) is 5.18. The summed E-state index contributed by atoms with van der Waals surface area (Å²) in [7, 11) is 0. The van der Waals surface area contributed by atoms with E-state index in [1.807, 2.05) is 18.7 Å². The van der Waals surface area contributed by atoms with Crippen LogP contribution in [-0.2, 0) is 11.3 Å². The molecule has 1 aromatic heterocycles. The van der Waals surface area contributed by atoms with Crippen molar-refractivity contribution in [3.63, 3.8) is 0 Å². The Morgan fingerprint density at radius 1 is 1.19 bits per heavy atom. The lowest BCUT2D eigenvalue weighted by Crippen LogP contribution is -2.49. The number of aryl methyl sites for hydroxylation is 1. The van der Waals surface area contributed by atoms with E-state index in [2.05, 4.69) is 10.00 Å². The Labute approximate surface area is 156 Å². The molecule has 0 radical (unpaired) electrons. The summed E-state index contributed by atoms with van der Waals surface area (Å²) < 4.78 is 1.64. The summed E-state index contributed by atoms with van der Waals surface area (Å²) in [5.41, 5.74) is 2.51. The molecule has 0 aliphatic carbocycles. The van der Waals surface area contributed by atoms with Gasteiger partial charge >= 0.3 is 0 Å². The van der Waals surface area contributed by atoms with Gasteiger partial charge in [0.2, 0.25) is 5.91 Å². The van der Waals surface area contributed by atoms with E-state index >= 15 is 0 Å². The summed E-state index contributed by atoms with van der Waals surface area (Å²) in [5.74, 6) is 0.00983. The fourth-order valence-corrected chi connectivity index (χ4v) is 3.19. The van der Waals surface area contributed by atoms with Crippen molar-refractivity contribution in [1.29, 1.82) is 0 Å². The number of non-ortho nitro benzene ring substituents is 1. The van der Waals surface area contributed by atoms with Crippen molar-refractivity contribution in [2.24, 2.45) is 0 Å². The molecule has 1 aliphatic heterocycles. The topological polar surface area (TPSA) is 84.5 Å². The predicted octanol–water partition coefficient (Wildman–Crippen LogP) is 2.41. The Morgan fingerprint density at radius 3 is 2.31 bits per heavy atom. The van der Waals surface area contributed by atoms with E-state index in [0.717, 1.165) is 17.1 Å². The lowest BCUT2D eigenvalue weighted by Gasteiger charge is -2.36. The first-order chi connectivity index (χ1) is 12.4. The van der Waals surface area contributed by atoms with E-state index in [0.29, 0.717) is 31.2 Å². The number of amides is 1. The number of piperazine rings is 1. The van der Waals surface area contributed by atoms with Gasteiger partial charge in [-0.3, -0.25) is 19.6 Å². The Bertz CT molecular complexity index is 826. The number of nitro benzene ring substituents is 1. The maximum absolute atomic E-state index is 12.5. The van der Waals surface area contributed by atoms with Gasteiger partial charge in [-0.15, -0.1) is 0 Å². The highest BCUT2D eigenvalue weighted by Crippen LogP contribution is 2.21. The van der Waals surface area contributed by atoms with Gasteiger partial charge in [0.25, 0.3) is 5.69 Å². The van der Waals surface area contributed by atoms with Crippen molar-refractivity contribution in [1.82, 2.24) is 14.7 Å². The van der Waals surface area contributed by atoms with Crippen molar-refractivity contribution in [2.45, 2.75) is 20.4 Å². The SMILES string of the molecule is Cc1nn(CC(=O)N2CCN(c3ccc([N+](=O)[O-])cc3)CC2)c(C)c1Cl. The number of nitrogens with zero attached hydrogens (tertiary/aromatic N) is 5. The van der Waals surface area contributed by atoms with Gasteiger partial charge in [-0.25, -0.2) is 0 Å². The van der Waals surface area contributed by atoms with Gasteiger partial charge in [0.05, 0.1) is 21.3 Å². The first-order valence-corrected chi connectivity index (χ1v) is 8.71. The van der Waals surface area contributed by atoms with E-state index in [1.54, 1.807) is 16.8 Å². The summed E-state index contributed by atoms with van der Waals surface area (Å²) >= 11 is 6.13. The second-order valence-electron chi connectivity index (χ2n) is 6.28. The number of halogens is 1. The third-order valence-electron chi connectivity index (χ3n) is 4.64. The quantitative estimate of drug-likeness (QED) is 0.603. The van der Waals surface area contributed by atoms with E-state index in [-0.39, 0.29) is 18.1 Å². The van der Waals surface area contributed by atoms with E-state index in [4.69, 9.17) is 11.6 Å². The zero-order valence-electron chi connectivity index (χ0n) is 14.7. The first-order valence-electron chi connectivity index (χ1n) is 8.33. The van der Waals surface area contributed by atoms with E-state index < -0.39 is 4.92 Å². The summed E-state index contributed by atoms with van der Waals surface area (Å²) in [5, 5.41) is 15.6. The van der Waals surface area contributed by atoms with E-state index in [9.17, 15) is 14.9 Å². The second kappa shape index (κ2) is 7.33. The molecule has 1 saturated heterocycles. The number of hydrogen-bond donors (Lipinski definition) is 0. The molecule has 2 aromatic rings. The molecule has 0 saturated carbocycles. The molecule has 1 amide bonds. The molecule has 1 fully saturated rings. The maximum Gasteiger partial charge on any atom is 0.269 e. The highest BCUT2D eigenvalue weighted by molar-refractivity contribution is 6.31. The van der Waals surface area contributed by atoms with Gasteiger partial charge in [-0.1, -0.05) is 11.6 Å². The highest BCUT2D eigenvalue weighted by Gasteiger charge is 2.23. The number of carbonyl (C=O) groups is 1. The smallest absolute Gasteiger partial charge is 0.269 e. The van der Waals surface area contributed by atoms with Crippen LogP contribution in [0.25, 0.3) is 0 Å². The molecular weight excluding hydrogens is 358 g/mol. The molecular formula is C17H20ClN5O3. The van der Waals surface area contributed by atoms with Gasteiger partial charge in [0.15, 0.2) is 0 Å². The maximum atomic E-state index is 12.5. The Hall–Kier alpha value is -2.61. The molecule has 2 heterocycles. The number of anilines is 1. The van der Waals surface area contributed by atoms with Gasteiger partial charge in [0.1, 0.15) is 6.54 Å². The van der Waals surface area contributed by atoms with Crippen LogP contribution in [0, 0.1) is 24.0 Å². The summed E-state index contributed by atoms with van der Waals surface area (Å²) in [6.45, 7) is 6.41. The van der Waals surface area contributed by atoms with Crippen LogP contribution in [0.3, 0.4) is 0 Å². The molecule has 1 aliphatic rings. The van der Waals surface area contributed by atoms with Gasteiger partial charge < -0.3 is 9.80 Å². The van der Waals surface area contributed by atoms with Crippen LogP contribution >= 0.6 is 11.6 Å². The molecule has 0 N–H and O–H groups in total. The average molecular weight is 378 g/mol. The van der Waals surface area contributed by atoms with Crippen LogP contribution in [0.15, 0.2) is 24.3 Å². The Morgan fingerprint density at radius 2 is 1.81 bits per heavy atom. The van der Waals surface area contributed by atoms with Crippen LogP contribution in [0.2, 0.25) is 5.02 Å². The zero-order chi connectivity index (χ0) is 18.8. The van der Waals surface area contributed by atoms with Crippen molar-refractivity contribution >= 4 is 28.9 Å². The molecule has 3 rings (SSSR count). The molecule has 1 aromatic carbocycles. The third kappa shape index (κ3) is 3.65. The molecule has 0 atom stereocenters. The Kier molecular flexibility index (Phi) is 5.13. The highest BCUT2D eigenvalue weighted by atomic mass is 35.5. The number of nitro groups is 1. The normalized spacial score (nSPS) is 14.6. The number of aromatic nitrogens is 2. The molecule has 8 nitrogen and oxygen atoms in total. The zero-order valence-corrected chi connectivity index (χ0v) is 15.4. The molecule has 9 heteroatoms. The Balaban J connectivity index is 1.58. The number of hydrogen-bond acceptors (Lipinski definition) is 5.